The quantitative estimate of drug-likeness (QED) is 0.821. The Morgan fingerprint density at radius 1 is 1.35 bits per heavy atom. The summed E-state index contributed by atoms with van der Waals surface area (Å²) in [6.07, 6.45) is 1.09. The lowest BCUT2D eigenvalue weighted by Gasteiger charge is -2.36. The van der Waals surface area contributed by atoms with Gasteiger partial charge in [0.25, 0.3) is 0 Å². The molecular weight excluding hydrogens is 210 g/mol. The lowest BCUT2D eigenvalue weighted by molar-refractivity contribution is 0.193. The van der Waals surface area contributed by atoms with Crippen molar-refractivity contribution in [3.8, 4) is 0 Å². The Kier molecular flexibility index (Phi) is 4.15. The van der Waals surface area contributed by atoms with Crippen LogP contribution in [0.4, 0.5) is 0 Å². The Morgan fingerprint density at radius 2 is 2.18 bits per heavy atom. The molecule has 0 bridgehead atoms. The Bertz CT molecular complexity index is 364. The fraction of sp³-hybridized carbons (Fsp3) is 0.571. The van der Waals surface area contributed by atoms with Gasteiger partial charge in [-0.25, -0.2) is 0 Å². The van der Waals surface area contributed by atoms with Gasteiger partial charge in [-0.1, -0.05) is 29.8 Å². The lowest BCUT2D eigenvalue weighted by atomic mass is 9.88. The summed E-state index contributed by atoms with van der Waals surface area (Å²) >= 11 is 0. The molecule has 1 heterocycles. The molecule has 0 spiro atoms. The van der Waals surface area contributed by atoms with Crippen LogP contribution in [0.1, 0.15) is 23.5 Å². The number of likely N-dealkylation sites (tertiary alicyclic amines) is 1. The van der Waals surface area contributed by atoms with Gasteiger partial charge in [-0.15, -0.1) is 0 Å². The molecule has 1 aromatic carbocycles. The van der Waals surface area contributed by atoms with Crippen LogP contribution in [0.3, 0.4) is 0 Å². The number of piperidine rings is 1. The van der Waals surface area contributed by atoms with E-state index in [2.05, 4.69) is 36.1 Å². The summed E-state index contributed by atoms with van der Waals surface area (Å²) in [5.74, 6) is 0.560. The van der Waals surface area contributed by atoms with Gasteiger partial charge in [0.1, 0.15) is 0 Å². The minimum Gasteiger partial charge on any atom is -0.329 e. The molecule has 0 aromatic heterocycles. The van der Waals surface area contributed by atoms with Gasteiger partial charge in [-0.3, -0.25) is 4.90 Å². The summed E-state index contributed by atoms with van der Waals surface area (Å²) in [6, 6.07) is 9.06. The first kappa shape index (κ1) is 12.6. The van der Waals surface area contributed by atoms with Gasteiger partial charge in [-0.2, -0.15) is 0 Å². The molecule has 1 fully saturated rings. The number of nitrogens with two attached hydrogens (primary N) is 2. The van der Waals surface area contributed by atoms with Crippen molar-refractivity contribution in [3.05, 3.63) is 35.4 Å². The molecule has 17 heavy (non-hydrogen) atoms. The summed E-state index contributed by atoms with van der Waals surface area (Å²) in [6.45, 7) is 5.89. The van der Waals surface area contributed by atoms with Gasteiger partial charge in [0.15, 0.2) is 0 Å². The van der Waals surface area contributed by atoms with Crippen LogP contribution in [0.25, 0.3) is 0 Å². The first-order valence-electron chi connectivity index (χ1n) is 6.43. The first-order chi connectivity index (χ1) is 8.19. The minimum atomic E-state index is 0.279. The summed E-state index contributed by atoms with van der Waals surface area (Å²) in [5.41, 5.74) is 14.5. The van der Waals surface area contributed by atoms with Gasteiger partial charge in [0.2, 0.25) is 0 Å². The average molecular weight is 233 g/mol. The van der Waals surface area contributed by atoms with Crippen molar-refractivity contribution in [1.29, 1.82) is 0 Å². The van der Waals surface area contributed by atoms with E-state index < -0.39 is 0 Å². The van der Waals surface area contributed by atoms with Crippen molar-refractivity contribution in [2.24, 2.45) is 11.5 Å². The molecule has 0 saturated carbocycles. The summed E-state index contributed by atoms with van der Waals surface area (Å²) < 4.78 is 0. The molecule has 94 valence electrons. The van der Waals surface area contributed by atoms with Crippen molar-refractivity contribution >= 4 is 0 Å². The van der Waals surface area contributed by atoms with Gasteiger partial charge in [-0.05, 0) is 24.8 Å². The fourth-order valence-corrected chi connectivity index (χ4v) is 2.76. The van der Waals surface area contributed by atoms with Crippen LogP contribution in [0.15, 0.2) is 24.3 Å². The highest BCUT2D eigenvalue weighted by Gasteiger charge is 2.25. The Labute approximate surface area is 104 Å². The number of rotatable bonds is 3. The van der Waals surface area contributed by atoms with E-state index in [-0.39, 0.29) is 6.04 Å². The van der Waals surface area contributed by atoms with Crippen molar-refractivity contribution in [2.45, 2.75) is 25.3 Å². The highest BCUT2D eigenvalue weighted by molar-refractivity contribution is 5.26. The second kappa shape index (κ2) is 5.63. The Hall–Kier alpha value is -0.900. The van der Waals surface area contributed by atoms with Gasteiger partial charge < -0.3 is 11.5 Å². The maximum Gasteiger partial charge on any atom is 0.0174 e. The summed E-state index contributed by atoms with van der Waals surface area (Å²) in [7, 11) is 0. The normalized spacial score (nSPS) is 26.1. The van der Waals surface area contributed by atoms with Crippen LogP contribution in [0, 0.1) is 6.92 Å². The Morgan fingerprint density at radius 3 is 2.88 bits per heavy atom. The summed E-state index contributed by atoms with van der Waals surface area (Å²) in [4.78, 5) is 2.39. The van der Waals surface area contributed by atoms with E-state index >= 15 is 0 Å². The van der Waals surface area contributed by atoms with Gasteiger partial charge in [0.05, 0.1) is 0 Å². The van der Waals surface area contributed by atoms with Crippen molar-refractivity contribution in [2.75, 3.05) is 26.2 Å². The molecule has 0 amide bonds. The third-order valence-corrected chi connectivity index (χ3v) is 3.52. The number of nitrogens with zero attached hydrogens (tertiary/aromatic N) is 1. The van der Waals surface area contributed by atoms with Crippen LogP contribution in [0.2, 0.25) is 0 Å². The molecule has 0 aliphatic carbocycles. The molecular formula is C14H23N3. The molecule has 2 unspecified atom stereocenters. The van der Waals surface area contributed by atoms with E-state index in [1.165, 1.54) is 11.1 Å². The van der Waals surface area contributed by atoms with E-state index in [1.54, 1.807) is 0 Å². The van der Waals surface area contributed by atoms with Crippen LogP contribution in [0.5, 0.6) is 0 Å². The van der Waals surface area contributed by atoms with E-state index in [0.717, 1.165) is 26.1 Å². The molecule has 2 rings (SSSR count). The maximum absolute atomic E-state index is 6.14. The van der Waals surface area contributed by atoms with Crippen molar-refractivity contribution in [1.82, 2.24) is 4.90 Å². The predicted molar refractivity (Wildman–Crippen MR) is 72.0 cm³/mol. The van der Waals surface area contributed by atoms with Crippen molar-refractivity contribution in [3.63, 3.8) is 0 Å². The zero-order chi connectivity index (χ0) is 12.3. The second-order valence-corrected chi connectivity index (χ2v) is 5.16. The largest absolute Gasteiger partial charge is 0.329 e. The van der Waals surface area contributed by atoms with E-state index in [4.69, 9.17) is 11.5 Å². The van der Waals surface area contributed by atoms with E-state index in [9.17, 15) is 0 Å². The first-order valence-corrected chi connectivity index (χ1v) is 6.43. The van der Waals surface area contributed by atoms with Crippen LogP contribution in [-0.2, 0) is 0 Å². The topological polar surface area (TPSA) is 55.3 Å². The summed E-state index contributed by atoms with van der Waals surface area (Å²) in [5, 5.41) is 0. The highest BCUT2D eigenvalue weighted by Crippen LogP contribution is 2.26. The molecule has 3 heteroatoms. The maximum atomic E-state index is 6.14. The Balaban J connectivity index is 2.09. The predicted octanol–water partition coefficient (Wildman–Crippen LogP) is 1.07. The molecule has 0 radical (unpaired) electrons. The SMILES string of the molecule is Cc1cccc(C2CC(N)CN(CCN)C2)c1. The minimum absolute atomic E-state index is 0.279. The third kappa shape index (κ3) is 3.28. The number of benzene rings is 1. The molecule has 1 aliphatic heterocycles. The standard InChI is InChI=1S/C14H23N3/c1-11-3-2-4-12(7-11)13-8-14(16)10-17(9-13)6-5-15/h2-4,7,13-14H,5-6,8-10,15-16H2,1H3. The fourth-order valence-electron chi connectivity index (χ4n) is 2.76. The van der Waals surface area contributed by atoms with Gasteiger partial charge in [0, 0.05) is 32.2 Å². The molecule has 2 atom stereocenters. The molecule has 1 aromatic rings. The zero-order valence-corrected chi connectivity index (χ0v) is 10.6. The van der Waals surface area contributed by atoms with Crippen LogP contribution < -0.4 is 11.5 Å². The zero-order valence-electron chi connectivity index (χ0n) is 10.6. The number of aryl methyl sites for hydroxylation is 1. The van der Waals surface area contributed by atoms with E-state index in [1.807, 2.05) is 0 Å². The molecule has 1 saturated heterocycles. The van der Waals surface area contributed by atoms with Crippen LogP contribution in [-0.4, -0.2) is 37.1 Å². The average Bonchev–Trinajstić information content (AvgIpc) is 2.28. The monoisotopic (exact) mass is 233 g/mol. The number of hydrogen-bond donors (Lipinski definition) is 2. The molecule has 1 aliphatic rings. The lowest BCUT2D eigenvalue weighted by Crippen LogP contribution is -2.47. The smallest absolute Gasteiger partial charge is 0.0174 e. The van der Waals surface area contributed by atoms with Crippen molar-refractivity contribution < 1.29 is 0 Å². The van der Waals surface area contributed by atoms with E-state index in [0.29, 0.717) is 12.5 Å². The van der Waals surface area contributed by atoms with Crippen LogP contribution >= 0.6 is 0 Å². The molecule has 3 nitrogen and oxygen atoms in total. The highest BCUT2D eigenvalue weighted by atomic mass is 15.2. The third-order valence-electron chi connectivity index (χ3n) is 3.52. The number of hydrogen-bond acceptors (Lipinski definition) is 3. The second-order valence-electron chi connectivity index (χ2n) is 5.16. The van der Waals surface area contributed by atoms with Gasteiger partial charge >= 0.3 is 0 Å². The molecule has 4 N–H and O–H groups in total.